The number of fused-ring (bicyclic) bond motifs is 1. The van der Waals surface area contributed by atoms with Gasteiger partial charge in [0, 0.05) is 46.6 Å². The van der Waals surface area contributed by atoms with Gasteiger partial charge in [-0.05, 0) is 67.3 Å². The molecule has 3 aromatic carbocycles. The van der Waals surface area contributed by atoms with Crippen LogP contribution in [0.15, 0.2) is 66.7 Å². The van der Waals surface area contributed by atoms with Crippen LogP contribution in [0.2, 0.25) is 10.0 Å². The summed E-state index contributed by atoms with van der Waals surface area (Å²) in [6.45, 7) is 1.32. The van der Waals surface area contributed by atoms with Crippen molar-refractivity contribution >= 4 is 46.1 Å². The fraction of sp³-hybridized carbons (Fsp3) is 0.241. The number of amides is 1. The molecule has 5 rings (SSSR count). The highest BCUT2D eigenvalue weighted by atomic mass is 35.5. The van der Waals surface area contributed by atoms with E-state index in [-0.39, 0.29) is 12.3 Å². The summed E-state index contributed by atoms with van der Waals surface area (Å²) < 4.78 is 0. The molecule has 1 aromatic heterocycles. The zero-order chi connectivity index (χ0) is 25.9. The molecule has 37 heavy (non-hydrogen) atoms. The third-order valence-electron chi connectivity index (χ3n) is 6.67. The van der Waals surface area contributed by atoms with E-state index in [4.69, 9.17) is 38.3 Å². The number of carbonyl (C=O) groups excluding carboxylic acids is 1. The van der Waals surface area contributed by atoms with Gasteiger partial charge in [-0.15, -0.1) is 0 Å². The van der Waals surface area contributed by atoms with E-state index in [2.05, 4.69) is 0 Å². The SMILES string of the molecule is O=C(O)CCCCc1nc2cc(C(=O)N3CC(c4ccc(Cl)cc4)C3)ccc2nc1-c1ccc(Cl)cc1. The number of carboxylic acid groups (broad SMARTS) is 1. The number of unbranched alkanes of at least 4 members (excludes halogenated alkanes) is 1. The van der Waals surface area contributed by atoms with Crippen LogP contribution >= 0.6 is 23.2 Å². The monoisotopic (exact) mass is 533 g/mol. The van der Waals surface area contributed by atoms with Gasteiger partial charge in [0.05, 0.1) is 22.4 Å². The Morgan fingerprint density at radius 1 is 0.865 bits per heavy atom. The van der Waals surface area contributed by atoms with Crippen molar-refractivity contribution in [1.29, 1.82) is 0 Å². The van der Waals surface area contributed by atoms with E-state index >= 15 is 0 Å². The summed E-state index contributed by atoms with van der Waals surface area (Å²) >= 11 is 12.1. The van der Waals surface area contributed by atoms with Crippen molar-refractivity contribution in [2.75, 3.05) is 13.1 Å². The zero-order valence-corrected chi connectivity index (χ0v) is 21.5. The van der Waals surface area contributed by atoms with E-state index in [9.17, 15) is 9.59 Å². The molecule has 0 saturated carbocycles. The van der Waals surface area contributed by atoms with Crippen LogP contribution in [0.4, 0.5) is 0 Å². The van der Waals surface area contributed by atoms with Crippen LogP contribution in [-0.4, -0.2) is 44.9 Å². The fourth-order valence-electron chi connectivity index (χ4n) is 4.58. The fourth-order valence-corrected chi connectivity index (χ4v) is 4.83. The molecule has 1 saturated heterocycles. The van der Waals surface area contributed by atoms with Crippen LogP contribution in [0.5, 0.6) is 0 Å². The second kappa shape index (κ2) is 10.9. The second-order valence-corrected chi connectivity index (χ2v) is 10.2. The maximum absolute atomic E-state index is 13.2. The van der Waals surface area contributed by atoms with Crippen LogP contribution in [0.25, 0.3) is 22.3 Å². The van der Waals surface area contributed by atoms with Crippen molar-refractivity contribution in [1.82, 2.24) is 14.9 Å². The van der Waals surface area contributed by atoms with Crippen molar-refractivity contribution in [2.45, 2.75) is 31.6 Å². The smallest absolute Gasteiger partial charge is 0.303 e. The number of hydrogen-bond acceptors (Lipinski definition) is 4. The molecule has 0 atom stereocenters. The van der Waals surface area contributed by atoms with Gasteiger partial charge in [0.25, 0.3) is 5.91 Å². The normalized spacial score (nSPS) is 13.5. The summed E-state index contributed by atoms with van der Waals surface area (Å²) in [6, 6.07) is 20.6. The number of rotatable bonds is 8. The Labute approximate surface area is 224 Å². The molecule has 2 heterocycles. The molecule has 1 N–H and O–H groups in total. The highest BCUT2D eigenvalue weighted by Gasteiger charge is 2.32. The predicted molar refractivity (Wildman–Crippen MR) is 145 cm³/mol. The van der Waals surface area contributed by atoms with Crippen LogP contribution in [-0.2, 0) is 11.2 Å². The highest BCUT2D eigenvalue weighted by Crippen LogP contribution is 2.30. The zero-order valence-electron chi connectivity index (χ0n) is 20.0. The summed E-state index contributed by atoms with van der Waals surface area (Å²) in [5.41, 5.74) is 5.50. The number of halogens is 2. The van der Waals surface area contributed by atoms with Gasteiger partial charge in [-0.1, -0.05) is 47.5 Å². The van der Waals surface area contributed by atoms with E-state index in [1.165, 1.54) is 5.56 Å². The van der Waals surface area contributed by atoms with Gasteiger partial charge >= 0.3 is 5.97 Å². The number of carboxylic acids is 1. The maximum Gasteiger partial charge on any atom is 0.303 e. The summed E-state index contributed by atoms with van der Waals surface area (Å²) in [6.07, 6.45) is 1.92. The van der Waals surface area contributed by atoms with Gasteiger partial charge in [0.2, 0.25) is 0 Å². The molecule has 6 nitrogen and oxygen atoms in total. The third-order valence-corrected chi connectivity index (χ3v) is 7.17. The van der Waals surface area contributed by atoms with Crippen LogP contribution < -0.4 is 0 Å². The van der Waals surface area contributed by atoms with Crippen molar-refractivity contribution in [3.05, 3.63) is 93.6 Å². The number of carbonyl (C=O) groups is 2. The molecule has 188 valence electrons. The average Bonchev–Trinajstić information content (AvgIpc) is 2.86. The first-order chi connectivity index (χ1) is 17.9. The lowest BCUT2D eigenvalue weighted by Gasteiger charge is -2.39. The summed E-state index contributed by atoms with van der Waals surface area (Å²) in [4.78, 5) is 35.7. The lowest BCUT2D eigenvalue weighted by molar-refractivity contribution is -0.137. The minimum Gasteiger partial charge on any atom is -0.481 e. The van der Waals surface area contributed by atoms with E-state index in [0.717, 1.165) is 17.0 Å². The molecule has 1 amide bonds. The number of likely N-dealkylation sites (tertiary alicyclic amines) is 1. The standard InChI is InChI=1S/C29H25Cl2N3O3/c30-22-10-5-18(6-11-22)21-16-34(17-21)29(37)20-9-14-24-26(15-20)32-25(3-1-2-4-27(35)36)28(33-24)19-7-12-23(31)13-8-19/h5-15,21H,1-4,16-17H2,(H,35,36). The Hall–Kier alpha value is -3.48. The molecule has 1 aliphatic heterocycles. The molecule has 0 radical (unpaired) electrons. The Bertz CT molecular complexity index is 1450. The average molecular weight is 534 g/mol. The van der Waals surface area contributed by atoms with Crippen LogP contribution in [0.1, 0.15) is 46.8 Å². The largest absolute Gasteiger partial charge is 0.481 e. The molecule has 0 aliphatic carbocycles. The first kappa shape index (κ1) is 25.2. The summed E-state index contributed by atoms with van der Waals surface area (Å²) in [5, 5.41) is 10.3. The van der Waals surface area contributed by atoms with Gasteiger partial charge in [-0.25, -0.2) is 9.97 Å². The third kappa shape index (κ3) is 5.76. The molecule has 0 bridgehead atoms. The lowest BCUT2D eigenvalue weighted by Crippen LogP contribution is -2.48. The molecular formula is C29H25Cl2N3O3. The predicted octanol–water partition coefficient (Wildman–Crippen LogP) is 6.64. The van der Waals surface area contributed by atoms with Crippen LogP contribution in [0, 0.1) is 0 Å². The Morgan fingerprint density at radius 2 is 1.54 bits per heavy atom. The number of aryl methyl sites for hydroxylation is 1. The highest BCUT2D eigenvalue weighted by molar-refractivity contribution is 6.30. The molecule has 4 aromatic rings. The molecule has 0 spiro atoms. The van der Waals surface area contributed by atoms with E-state index in [1.807, 2.05) is 59.5 Å². The molecular weight excluding hydrogens is 509 g/mol. The molecule has 8 heteroatoms. The van der Waals surface area contributed by atoms with Crippen molar-refractivity contribution in [3.63, 3.8) is 0 Å². The Kier molecular flexibility index (Phi) is 7.40. The number of hydrogen-bond donors (Lipinski definition) is 1. The first-order valence-corrected chi connectivity index (χ1v) is 13.0. The lowest BCUT2D eigenvalue weighted by atomic mass is 9.91. The van der Waals surface area contributed by atoms with Crippen molar-refractivity contribution < 1.29 is 14.7 Å². The Morgan fingerprint density at radius 3 is 2.22 bits per heavy atom. The number of aromatic nitrogens is 2. The molecule has 1 fully saturated rings. The molecule has 0 unspecified atom stereocenters. The summed E-state index contributed by atoms with van der Waals surface area (Å²) in [5.74, 6) is -0.533. The number of benzene rings is 3. The van der Waals surface area contributed by atoms with Crippen LogP contribution in [0.3, 0.4) is 0 Å². The van der Waals surface area contributed by atoms with Crippen molar-refractivity contribution in [3.8, 4) is 11.3 Å². The van der Waals surface area contributed by atoms with E-state index in [0.29, 0.717) is 64.9 Å². The minimum absolute atomic E-state index is 0.0290. The summed E-state index contributed by atoms with van der Waals surface area (Å²) in [7, 11) is 0. The Balaban J connectivity index is 1.38. The second-order valence-electron chi connectivity index (χ2n) is 9.29. The van der Waals surface area contributed by atoms with E-state index < -0.39 is 5.97 Å². The minimum atomic E-state index is -0.810. The topological polar surface area (TPSA) is 83.4 Å². The van der Waals surface area contributed by atoms with Gasteiger partial charge in [-0.2, -0.15) is 0 Å². The molecule has 1 aliphatic rings. The van der Waals surface area contributed by atoms with Crippen molar-refractivity contribution in [2.24, 2.45) is 0 Å². The van der Waals surface area contributed by atoms with Gasteiger partial charge in [0.15, 0.2) is 0 Å². The number of aliphatic carboxylic acids is 1. The van der Waals surface area contributed by atoms with Gasteiger partial charge in [0.1, 0.15) is 0 Å². The van der Waals surface area contributed by atoms with Gasteiger partial charge < -0.3 is 10.0 Å². The quantitative estimate of drug-likeness (QED) is 0.256. The maximum atomic E-state index is 13.2. The van der Waals surface area contributed by atoms with Gasteiger partial charge in [-0.3, -0.25) is 9.59 Å². The van der Waals surface area contributed by atoms with E-state index in [1.54, 1.807) is 12.1 Å². The first-order valence-electron chi connectivity index (χ1n) is 12.2. The number of nitrogens with zero attached hydrogens (tertiary/aromatic N) is 3.